The van der Waals surface area contributed by atoms with Gasteiger partial charge in [-0.25, -0.2) is 4.98 Å². The summed E-state index contributed by atoms with van der Waals surface area (Å²) in [5, 5.41) is 9.54. The average Bonchev–Trinajstić information content (AvgIpc) is 2.69. The summed E-state index contributed by atoms with van der Waals surface area (Å²) in [6, 6.07) is 4.35. The molecular formula is C25H35N3. The van der Waals surface area contributed by atoms with Crippen molar-refractivity contribution in [1.29, 1.82) is 5.26 Å². The normalized spacial score (nSPS) is 22.8. The number of aromatic nitrogens is 1. The number of piperidine rings is 1. The first-order valence-corrected chi connectivity index (χ1v) is 11.1. The molecule has 0 spiro atoms. The molecule has 1 aromatic heterocycles. The van der Waals surface area contributed by atoms with Crippen LogP contribution >= 0.6 is 0 Å². The van der Waals surface area contributed by atoms with Crippen LogP contribution in [0.1, 0.15) is 83.9 Å². The van der Waals surface area contributed by atoms with Crippen LogP contribution in [0.5, 0.6) is 0 Å². The smallest absolute Gasteiger partial charge is 0.115 e. The Morgan fingerprint density at radius 1 is 1.14 bits per heavy atom. The lowest BCUT2D eigenvalue weighted by molar-refractivity contribution is 0.145. The Hall–Kier alpha value is -2.00. The van der Waals surface area contributed by atoms with Crippen molar-refractivity contribution in [3.05, 3.63) is 23.5 Å². The quantitative estimate of drug-likeness (QED) is 0.610. The minimum atomic E-state index is -0.00754. The number of hydrogen-bond donors (Lipinski definition) is 0. The van der Waals surface area contributed by atoms with Crippen molar-refractivity contribution in [2.75, 3.05) is 18.0 Å². The van der Waals surface area contributed by atoms with E-state index in [0.717, 1.165) is 48.6 Å². The number of hydrogen-bond acceptors (Lipinski definition) is 3. The standard InChI is InChI=1S/C25H35N3/c1-5-19-13-21(14-19)15-20-8-11-28(12-9-20)24-16-23(27-18-22(24)17-26)7-10-25(3,4)6-2/h16,18-21H,5-6,8-9,11-15H2,1-4H3. The summed E-state index contributed by atoms with van der Waals surface area (Å²) < 4.78 is 0. The van der Waals surface area contributed by atoms with E-state index in [9.17, 15) is 5.26 Å². The Balaban J connectivity index is 1.63. The second-order valence-electron chi connectivity index (χ2n) is 9.46. The maximum Gasteiger partial charge on any atom is 0.115 e. The number of pyridine rings is 1. The molecule has 0 N–H and O–H groups in total. The van der Waals surface area contributed by atoms with Crippen LogP contribution in [0.4, 0.5) is 5.69 Å². The maximum atomic E-state index is 9.54. The van der Waals surface area contributed by atoms with Gasteiger partial charge in [-0.2, -0.15) is 5.26 Å². The Morgan fingerprint density at radius 3 is 2.46 bits per heavy atom. The third kappa shape index (κ3) is 5.08. The first-order chi connectivity index (χ1) is 13.4. The topological polar surface area (TPSA) is 39.9 Å². The molecule has 2 aliphatic rings. The summed E-state index contributed by atoms with van der Waals surface area (Å²) in [6.45, 7) is 10.9. The first-order valence-electron chi connectivity index (χ1n) is 11.1. The van der Waals surface area contributed by atoms with Crippen LogP contribution in [0.3, 0.4) is 0 Å². The van der Waals surface area contributed by atoms with E-state index in [-0.39, 0.29) is 5.41 Å². The predicted molar refractivity (Wildman–Crippen MR) is 116 cm³/mol. The molecule has 3 nitrogen and oxygen atoms in total. The van der Waals surface area contributed by atoms with E-state index >= 15 is 0 Å². The van der Waals surface area contributed by atoms with Gasteiger partial charge < -0.3 is 4.90 Å². The van der Waals surface area contributed by atoms with Crippen molar-refractivity contribution in [3.8, 4) is 17.9 Å². The molecule has 0 amide bonds. The molecular weight excluding hydrogens is 342 g/mol. The molecule has 1 aliphatic carbocycles. The van der Waals surface area contributed by atoms with Gasteiger partial charge in [0.05, 0.1) is 11.3 Å². The molecule has 1 aliphatic heterocycles. The van der Waals surface area contributed by atoms with Gasteiger partial charge in [-0.05, 0) is 82.1 Å². The van der Waals surface area contributed by atoms with Crippen molar-refractivity contribution in [1.82, 2.24) is 4.98 Å². The van der Waals surface area contributed by atoms with E-state index in [1.807, 2.05) is 6.07 Å². The third-order valence-electron chi connectivity index (χ3n) is 6.95. The lowest BCUT2D eigenvalue weighted by atomic mass is 9.69. The fraction of sp³-hybridized carbons (Fsp3) is 0.680. The first kappa shape index (κ1) is 20.7. The van der Waals surface area contributed by atoms with Crippen LogP contribution in [0.25, 0.3) is 0 Å². The molecule has 0 aromatic carbocycles. The Bertz CT molecular complexity index is 763. The van der Waals surface area contributed by atoms with E-state index < -0.39 is 0 Å². The van der Waals surface area contributed by atoms with Crippen LogP contribution < -0.4 is 4.90 Å². The molecule has 0 bridgehead atoms. The van der Waals surface area contributed by atoms with E-state index in [0.29, 0.717) is 5.56 Å². The van der Waals surface area contributed by atoms with Gasteiger partial charge in [-0.15, -0.1) is 0 Å². The summed E-state index contributed by atoms with van der Waals surface area (Å²) in [7, 11) is 0. The van der Waals surface area contributed by atoms with Crippen molar-refractivity contribution < 1.29 is 0 Å². The fourth-order valence-corrected chi connectivity index (χ4v) is 4.46. The average molecular weight is 378 g/mol. The zero-order chi connectivity index (χ0) is 20.1. The van der Waals surface area contributed by atoms with Crippen molar-refractivity contribution >= 4 is 5.69 Å². The van der Waals surface area contributed by atoms with Crippen LogP contribution in [-0.4, -0.2) is 18.1 Å². The lowest BCUT2D eigenvalue weighted by Gasteiger charge is -2.40. The molecule has 3 heteroatoms. The summed E-state index contributed by atoms with van der Waals surface area (Å²) in [5.41, 5.74) is 2.46. The summed E-state index contributed by atoms with van der Waals surface area (Å²) >= 11 is 0. The second kappa shape index (κ2) is 9.00. The number of rotatable bonds is 5. The highest BCUT2D eigenvalue weighted by Gasteiger charge is 2.31. The molecule has 0 unspecified atom stereocenters. The minimum absolute atomic E-state index is 0.00754. The maximum absolute atomic E-state index is 9.54. The van der Waals surface area contributed by atoms with Crippen LogP contribution in [0, 0.1) is 46.3 Å². The monoisotopic (exact) mass is 377 g/mol. The highest BCUT2D eigenvalue weighted by molar-refractivity contribution is 5.61. The molecule has 0 atom stereocenters. The Kier molecular flexibility index (Phi) is 6.66. The lowest BCUT2D eigenvalue weighted by Crippen LogP contribution is -2.36. The van der Waals surface area contributed by atoms with Gasteiger partial charge in [0.25, 0.3) is 0 Å². The third-order valence-corrected chi connectivity index (χ3v) is 6.95. The molecule has 0 radical (unpaired) electrons. The number of nitrogens with zero attached hydrogens (tertiary/aromatic N) is 3. The van der Waals surface area contributed by atoms with Crippen LogP contribution in [-0.2, 0) is 0 Å². The van der Waals surface area contributed by atoms with Gasteiger partial charge in [-0.3, -0.25) is 0 Å². The summed E-state index contributed by atoms with van der Waals surface area (Å²) in [5.74, 6) is 9.39. The van der Waals surface area contributed by atoms with E-state index in [4.69, 9.17) is 0 Å². The second-order valence-corrected chi connectivity index (χ2v) is 9.46. The highest BCUT2D eigenvalue weighted by Crippen LogP contribution is 2.41. The Labute approximate surface area is 171 Å². The zero-order valence-corrected chi connectivity index (χ0v) is 18.1. The van der Waals surface area contributed by atoms with Crippen LogP contribution in [0.2, 0.25) is 0 Å². The molecule has 3 rings (SSSR count). The molecule has 2 heterocycles. The SMILES string of the molecule is CCC1CC(CC2CCN(c3cc(C#CC(C)(C)CC)ncc3C#N)CC2)C1. The fourth-order valence-electron chi connectivity index (χ4n) is 4.46. The molecule has 2 fully saturated rings. The van der Waals surface area contributed by atoms with E-state index in [1.165, 1.54) is 38.5 Å². The van der Waals surface area contributed by atoms with E-state index in [1.54, 1.807) is 6.20 Å². The van der Waals surface area contributed by atoms with Crippen molar-refractivity contribution in [2.24, 2.45) is 23.2 Å². The van der Waals surface area contributed by atoms with Gasteiger partial charge in [-0.1, -0.05) is 26.2 Å². The molecule has 1 saturated heterocycles. The summed E-state index contributed by atoms with van der Waals surface area (Å²) in [6.07, 6.45) is 10.9. The van der Waals surface area contributed by atoms with Crippen molar-refractivity contribution in [3.63, 3.8) is 0 Å². The molecule has 1 aromatic rings. The van der Waals surface area contributed by atoms with Gasteiger partial charge >= 0.3 is 0 Å². The van der Waals surface area contributed by atoms with Gasteiger partial charge in [0.15, 0.2) is 0 Å². The largest absolute Gasteiger partial charge is 0.370 e. The van der Waals surface area contributed by atoms with Gasteiger partial charge in [0, 0.05) is 24.7 Å². The van der Waals surface area contributed by atoms with Crippen molar-refractivity contribution in [2.45, 2.75) is 72.6 Å². The van der Waals surface area contributed by atoms with E-state index in [2.05, 4.69) is 55.5 Å². The molecule has 28 heavy (non-hydrogen) atoms. The van der Waals surface area contributed by atoms with Gasteiger partial charge in [0.1, 0.15) is 11.8 Å². The molecule has 1 saturated carbocycles. The number of anilines is 1. The zero-order valence-electron chi connectivity index (χ0n) is 18.1. The highest BCUT2D eigenvalue weighted by atomic mass is 15.1. The molecule has 150 valence electrons. The summed E-state index contributed by atoms with van der Waals surface area (Å²) in [4.78, 5) is 6.79. The number of nitriles is 1. The van der Waals surface area contributed by atoms with Gasteiger partial charge in [0.2, 0.25) is 0 Å². The van der Waals surface area contributed by atoms with Crippen LogP contribution in [0.15, 0.2) is 12.3 Å². The Morgan fingerprint density at radius 2 is 1.86 bits per heavy atom. The minimum Gasteiger partial charge on any atom is -0.370 e. The predicted octanol–water partition coefficient (Wildman–Crippen LogP) is 5.78.